The number of hydrogen-bond acceptors (Lipinski definition) is 9. The van der Waals surface area contributed by atoms with Gasteiger partial charge in [-0.2, -0.15) is 9.65 Å². The molecule has 0 radical (unpaired) electrons. The molecule has 2 aliphatic heterocycles. The van der Waals surface area contributed by atoms with Gasteiger partial charge in [0.05, 0.1) is 35.1 Å². The molecular weight excluding hydrogens is 680 g/mol. The molecule has 2 aromatic heterocycles. The molecule has 0 saturated carbocycles. The number of nitrogens with one attached hydrogen (secondary N) is 1. The van der Waals surface area contributed by atoms with Crippen molar-refractivity contribution in [2.75, 3.05) is 64.3 Å². The van der Waals surface area contributed by atoms with Crippen LogP contribution < -0.4 is 10.1 Å². The SMILES string of the molecule is N#CCOc1ccc(-c2cnc3c(Nc4ccc(C(=O)N5CCN(C(=O)N6CCN(C(=O)O)C(CO)C6)CC5)c(Cl)c4)nccn23)c(F)c1F. The van der Waals surface area contributed by atoms with Crippen LogP contribution >= 0.6 is 11.6 Å². The summed E-state index contributed by atoms with van der Waals surface area (Å²) in [7, 11) is 0. The Balaban J connectivity index is 1.10. The number of aliphatic hydroxyl groups is 1. The van der Waals surface area contributed by atoms with Crippen LogP contribution in [0.4, 0.5) is 29.9 Å². The number of hydrogen-bond donors (Lipinski definition) is 3. The third-order valence-corrected chi connectivity index (χ3v) is 8.87. The highest BCUT2D eigenvalue weighted by atomic mass is 35.5. The van der Waals surface area contributed by atoms with Gasteiger partial charge in [0.1, 0.15) is 6.07 Å². The molecule has 4 aromatic rings. The van der Waals surface area contributed by atoms with Crippen LogP contribution in [0, 0.1) is 23.0 Å². The minimum atomic E-state index is -1.23. The molecule has 50 heavy (non-hydrogen) atoms. The molecule has 4 amide bonds. The second kappa shape index (κ2) is 14.4. The Kier molecular flexibility index (Phi) is 9.83. The molecule has 18 heteroatoms. The molecule has 260 valence electrons. The van der Waals surface area contributed by atoms with E-state index in [2.05, 4.69) is 15.3 Å². The largest absolute Gasteiger partial charge is 0.476 e. The minimum Gasteiger partial charge on any atom is -0.476 e. The van der Waals surface area contributed by atoms with E-state index in [-0.39, 0.29) is 91.2 Å². The van der Waals surface area contributed by atoms with Crippen molar-refractivity contribution in [3.8, 4) is 23.1 Å². The number of fused-ring (bicyclic) bond motifs is 1. The molecule has 2 aromatic carbocycles. The molecule has 2 aliphatic rings. The van der Waals surface area contributed by atoms with Crippen LogP contribution in [0.1, 0.15) is 10.4 Å². The number of carboxylic acid groups (broad SMARTS) is 1. The number of aromatic nitrogens is 3. The number of nitrogens with zero attached hydrogens (tertiary/aromatic N) is 8. The maximum absolute atomic E-state index is 15.0. The molecule has 4 heterocycles. The van der Waals surface area contributed by atoms with E-state index in [1.165, 1.54) is 40.0 Å². The Bertz CT molecular complexity index is 2000. The van der Waals surface area contributed by atoms with Crippen LogP contribution in [0.3, 0.4) is 0 Å². The smallest absolute Gasteiger partial charge is 0.407 e. The van der Waals surface area contributed by atoms with Gasteiger partial charge in [0.25, 0.3) is 5.91 Å². The first kappa shape index (κ1) is 34.1. The van der Waals surface area contributed by atoms with Crippen molar-refractivity contribution in [1.82, 2.24) is 34.0 Å². The van der Waals surface area contributed by atoms with Gasteiger partial charge in [-0.05, 0) is 30.3 Å². The zero-order chi connectivity index (χ0) is 35.5. The number of benzene rings is 2. The van der Waals surface area contributed by atoms with E-state index in [0.29, 0.717) is 11.3 Å². The average Bonchev–Trinajstić information content (AvgIpc) is 3.56. The van der Waals surface area contributed by atoms with Gasteiger partial charge in [0.2, 0.25) is 5.82 Å². The molecule has 2 fully saturated rings. The summed E-state index contributed by atoms with van der Waals surface area (Å²) < 4.78 is 36.1. The van der Waals surface area contributed by atoms with Gasteiger partial charge in [-0.25, -0.2) is 23.9 Å². The standard InChI is InChI=1S/C32H30ClF2N9O6/c33-23-15-19(39-28-29-38-16-24(44(29)7-6-37-28)22-3-4-25(50-14-5-36)27(35)26(22)34)1-2-21(23)30(46)40-8-10-41(11-9-40)31(47)42-12-13-43(32(48)49)20(17-42)18-45/h1-4,6-7,15-16,20,45H,8-14,17-18H2,(H,37,39)(H,48,49). The zero-order valence-electron chi connectivity index (χ0n) is 26.3. The Hall–Kier alpha value is -5.73. The first-order valence-corrected chi connectivity index (χ1v) is 15.8. The third-order valence-electron chi connectivity index (χ3n) is 8.55. The van der Waals surface area contributed by atoms with Crippen LogP contribution in [0.25, 0.3) is 16.9 Å². The third kappa shape index (κ3) is 6.62. The average molecular weight is 710 g/mol. The van der Waals surface area contributed by atoms with Crippen LogP contribution in [-0.4, -0.2) is 127 Å². The maximum Gasteiger partial charge on any atom is 0.407 e. The van der Waals surface area contributed by atoms with E-state index in [9.17, 15) is 29.0 Å². The molecular formula is C32H30ClF2N9O6. The predicted octanol–water partition coefficient (Wildman–Crippen LogP) is 3.51. The van der Waals surface area contributed by atoms with Crippen molar-refractivity contribution >= 4 is 46.8 Å². The second-order valence-electron chi connectivity index (χ2n) is 11.4. The van der Waals surface area contributed by atoms with Crippen molar-refractivity contribution < 1.29 is 38.1 Å². The molecule has 1 unspecified atom stereocenters. The fourth-order valence-corrected chi connectivity index (χ4v) is 6.23. The number of carbonyl (C=O) groups is 3. The number of aliphatic hydroxyl groups excluding tert-OH is 1. The summed E-state index contributed by atoms with van der Waals surface area (Å²) in [5.74, 6) is -2.82. The zero-order valence-corrected chi connectivity index (χ0v) is 27.1. The summed E-state index contributed by atoms with van der Waals surface area (Å²) in [6.07, 6.45) is 3.20. The Morgan fingerprint density at radius 3 is 2.46 bits per heavy atom. The molecule has 6 rings (SSSR count). The van der Waals surface area contributed by atoms with Gasteiger partial charge in [-0.15, -0.1) is 0 Å². The number of rotatable bonds is 7. The Morgan fingerprint density at radius 2 is 1.76 bits per heavy atom. The summed E-state index contributed by atoms with van der Waals surface area (Å²) in [6, 6.07) is 8.03. The van der Waals surface area contributed by atoms with E-state index < -0.39 is 37.0 Å². The second-order valence-corrected chi connectivity index (χ2v) is 11.8. The van der Waals surface area contributed by atoms with E-state index in [0.717, 1.165) is 4.90 Å². The molecule has 0 aliphatic carbocycles. The van der Waals surface area contributed by atoms with E-state index in [1.54, 1.807) is 34.1 Å². The number of ether oxygens (including phenoxy) is 1. The Labute approximate surface area is 288 Å². The van der Waals surface area contributed by atoms with Crippen molar-refractivity contribution in [2.24, 2.45) is 0 Å². The highest BCUT2D eigenvalue weighted by molar-refractivity contribution is 6.34. The van der Waals surface area contributed by atoms with Crippen molar-refractivity contribution in [2.45, 2.75) is 6.04 Å². The number of carbonyl (C=O) groups excluding carboxylic acids is 2. The summed E-state index contributed by atoms with van der Waals surface area (Å²) in [4.78, 5) is 52.4. The normalized spacial score (nSPS) is 16.3. The monoisotopic (exact) mass is 709 g/mol. The van der Waals surface area contributed by atoms with Crippen LogP contribution in [0.5, 0.6) is 5.75 Å². The molecule has 2 saturated heterocycles. The molecule has 0 bridgehead atoms. The topological polar surface area (TPSA) is 180 Å². The Morgan fingerprint density at radius 1 is 1.02 bits per heavy atom. The number of anilines is 2. The fraction of sp³-hybridized carbons (Fsp3) is 0.312. The fourth-order valence-electron chi connectivity index (χ4n) is 5.97. The van der Waals surface area contributed by atoms with Gasteiger partial charge in [-0.1, -0.05) is 11.6 Å². The van der Waals surface area contributed by atoms with Crippen LogP contribution in [-0.2, 0) is 0 Å². The highest BCUT2D eigenvalue weighted by Gasteiger charge is 2.35. The lowest BCUT2D eigenvalue weighted by Gasteiger charge is -2.42. The number of amides is 4. The summed E-state index contributed by atoms with van der Waals surface area (Å²) >= 11 is 6.56. The van der Waals surface area contributed by atoms with Gasteiger partial charge in [0.15, 0.2) is 29.6 Å². The van der Waals surface area contributed by atoms with Crippen molar-refractivity contribution in [3.05, 3.63) is 71.1 Å². The first-order chi connectivity index (χ1) is 24.1. The number of nitriles is 1. The number of imidazole rings is 1. The van der Waals surface area contributed by atoms with Crippen molar-refractivity contribution in [1.29, 1.82) is 5.26 Å². The molecule has 15 nitrogen and oxygen atoms in total. The number of halogens is 3. The van der Waals surface area contributed by atoms with Crippen LogP contribution in [0.2, 0.25) is 5.02 Å². The highest BCUT2D eigenvalue weighted by Crippen LogP contribution is 2.32. The van der Waals surface area contributed by atoms with Gasteiger partial charge in [-0.3, -0.25) is 14.1 Å². The van der Waals surface area contributed by atoms with E-state index >= 15 is 4.39 Å². The van der Waals surface area contributed by atoms with E-state index in [1.807, 2.05) is 0 Å². The lowest BCUT2D eigenvalue weighted by atomic mass is 10.1. The summed E-state index contributed by atoms with van der Waals surface area (Å²) in [5.41, 5.74) is 1.19. The predicted molar refractivity (Wildman–Crippen MR) is 174 cm³/mol. The van der Waals surface area contributed by atoms with Gasteiger partial charge >= 0.3 is 12.1 Å². The lowest BCUT2D eigenvalue weighted by molar-refractivity contribution is 0.0392. The van der Waals surface area contributed by atoms with Crippen molar-refractivity contribution in [3.63, 3.8) is 0 Å². The van der Waals surface area contributed by atoms with Gasteiger partial charge < -0.3 is 35.0 Å². The quantitative estimate of drug-likeness (QED) is 0.257. The maximum atomic E-state index is 15.0. The lowest BCUT2D eigenvalue weighted by Crippen LogP contribution is -2.61. The minimum absolute atomic E-state index is 0.0791. The summed E-state index contributed by atoms with van der Waals surface area (Å²) in [6.45, 7) is 0.596. The number of urea groups is 1. The summed E-state index contributed by atoms with van der Waals surface area (Å²) in [5, 5.41) is 30.9. The van der Waals surface area contributed by atoms with Crippen LogP contribution in [0.15, 0.2) is 48.9 Å². The number of piperazine rings is 2. The van der Waals surface area contributed by atoms with E-state index in [4.69, 9.17) is 21.6 Å². The first-order valence-electron chi connectivity index (χ1n) is 15.4. The molecule has 3 N–H and O–H groups in total. The molecule has 1 atom stereocenters. The van der Waals surface area contributed by atoms with Gasteiger partial charge in [0, 0.05) is 69.5 Å². The molecule has 0 spiro atoms.